The summed E-state index contributed by atoms with van der Waals surface area (Å²) in [5.41, 5.74) is -0.0137. The number of alkyl halides is 2. The lowest BCUT2D eigenvalue weighted by Gasteiger charge is -2.22. The molecule has 1 aromatic carbocycles. The second kappa shape index (κ2) is 8.22. The molecule has 1 aromatic heterocycles. The van der Waals surface area contributed by atoms with Crippen LogP contribution in [0.15, 0.2) is 28.8 Å². The van der Waals surface area contributed by atoms with Gasteiger partial charge in [-0.1, -0.05) is 17.3 Å². The lowest BCUT2D eigenvalue weighted by atomic mass is 10.1. The number of hydrogen-bond acceptors (Lipinski definition) is 6. The number of aromatic nitrogens is 2. The highest BCUT2D eigenvalue weighted by Gasteiger charge is 2.19. The zero-order valence-electron chi connectivity index (χ0n) is 15.1. The van der Waals surface area contributed by atoms with Crippen molar-refractivity contribution in [3.8, 4) is 17.1 Å². The molecular formula is C17H22F2N4O3. The fraction of sp³-hybridized carbons (Fsp3) is 0.471. The zero-order valence-corrected chi connectivity index (χ0v) is 15.1. The van der Waals surface area contributed by atoms with Gasteiger partial charge in [-0.05, 0) is 40.0 Å². The third-order valence-electron chi connectivity index (χ3n) is 3.15. The number of carbonyl (C=O) groups is 1. The first-order chi connectivity index (χ1) is 12.1. The molecule has 0 saturated heterocycles. The van der Waals surface area contributed by atoms with Gasteiger partial charge in [-0.25, -0.2) is 0 Å². The maximum atomic E-state index is 12.5. The number of nitrogens with one attached hydrogen (secondary N) is 1. The summed E-state index contributed by atoms with van der Waals surface area (Å²) in [5.74, 6) is 0.241. The SMILES string of the molecule is CN(CC(=O)NC(C)(C)C)Cc1nc(-c2ccccc2OC(F)F)no1. The van der Waals surface area contributed by atoms with E-state index in [-0.39, 0.29) is 42.0 Å². The Morgan fingerprint density at radius 3 is 2.69 bits per heavy atom. The molecule has 0 atom stereocenters. The molecule has 142 valence electrons. The molecule has 2 rings (SSSR count). The van der Waals surface area contributed by atoms with Gasteiger partial charge < -0.3 is 14.6 Å². The van der Waals surface area contributed by atoms with E-state index in [1.807, 2.05) is 20.8 Å². The number of rotatable bonds is 7. The molecule has 0 unspecified atom stereocenters. The Kier molecular flexibility index (Phi) is 6.25. The number of ether oxygens (including phenoxy) is 1. The van der Waals surface area contributed by atoms with Crippen molar-refractivity contribution in [1.29, 1.82) is 0 Å². The predicted molar refractivity (Wildman–Crippen MR) is 90.6 cm³/mol. The standard InChI is InChI=1S/C17H22F2N4O3/c1-17(2,3)21-13(24)9-23(4)10-14-20-15(22-26-14)11-7-5-6-8-12(11)25-16(18)19/h5-8,16H,9-10H2,1-4H3,(H,21,24). The van der Waals surface area contributed by atoms with E-state index in [1.165, 1.54) is 6.07 Å². The number of carbonyl (C=O) groups excluding carboxylic acids is 1. The number of likely N-dealkylation sites (N-methyl/N-ethyl adjacent to an activating group) is 1. The molecule has 7 nitrogen and oxygen atoms in total. The predicted octanol–water partition coefficient (Wildman–Crippen LogP) is 2.68. The summed E-state index contributed by atoms with van der Waals surface area (Å²) in [5, 5.41) is 6.67. The maximum absolute atomic E-state index is 12.5. The minimum absolute atomic E-state index is 0.0345. The van der Waals surface area contributed by atoms with Crippen LogP contribution in [0, 0.1) is 0 Å². The van der Waals surface area contributed by atoms with Crippen LogP contribution in [0.25, 0.3) is 11.4 Å². The molecule has 0 fully saturated rings. The van der Waals surface area contributed by atoms with Crippen molar-refractivity contribution in [2.75, 3.05) is 13.6 Å². The van der Waals surface area contributed by atoms with Gasteiger partial charge in [-0.3, -0.25) is 9.69 Å². The number of benzene rings is 1. The van der Waals surface area contributed by atoms with Crippen LogP contribution in [0.5, 0.6) is 5.75 Å². The molecule has 0 aliphatic heterocycles. The molecule has 0 aliphatic carbocycles. The van der Waals surface area contributed by atoms with E-state index >= 15 is 0 Å². The van der Waals surface area contributed by atoms with E-state index in [0.717, 1.165) is 0 Å². The molecule has 0 saturated carbocycles. The van der Waals surface area contributed by atoms with Gasteiger partial charge in [0.05, 0.1) is 18.7 Å². The Bertz CT molecular complexity index is 744. The summed E-state index contributed by atoms with van der Waals surface area (Å²) in [6.45, 7) is 3.13. The van der Waals surface area contributed by atoms with Crippen LogP contribution in [0.3, 0.4) is 0 Å². The van der Waals surface area contributed by atoms with Crippen molar-refractivity contribution >= 4 is 5.91 Å². The highest BCUT2D eigenvalue weighted by Crippen LogP contribution is 2.28. The van der Waals surface area contributed by atoms with Crippen molar-refractivity contribution in [3.05, 3.63) is 30.2 Å². The smallest absolute Gasteiger partial charge is 0.387 e. The van der Waals surface area contributed by atoms with Gasteiger partial charge in [0, 0.05) is 5.54 Å². The van der Waals surface area contributed by atoms with Gasteiger partial charge in [-0.15, -0.1) is 0 Å². The number of hydrogen-bond donors (Lipinski definition) is 1. The second-order valence-corrected chi connectivity index (χ2v) is 6.86. The van der Waals surface area contributed by atoms with E-state index in [9.17, 15) is 13.6 Å². The second-order valence-electron chi connectivity index (χ2n) is 6.86. The first kappa shape index (κ1) is 19.8. The molecule has 0 spiro atoms. The minimum atomic E-state index is -2.95. The van der Waals surface area contributed by atoms with E-state index in [4.69, 9.17) is 4.52 Å². The first-order valence-corrected chi connectivity index (χ1v) is 8.00. The van der Waals surface area contributed by atoms with Crippen LogP contribution in [0.4, 0.5) is 8.78 Å². The van der Waals surface area contributed by atoms with Crippen LogP contribution in [-0.4, -0.2) is 46.7 Å². The van der Waals surface area contributed by atoms with E-state index in [0.29, 0.717) is 5.56 Å². The number of para-hydroxylation sites is 1. The van der Waals surface area contributed by atoms with Gasteiger partial charge in [0.15, 0.2) is 0 Å². The van der Waals surface area contributed by atoms with Gasteiger partial charge in [0.1, 0.15) is 5.75 Å². The third kappa shape index (κ3) is 6.07. The molecule has 0 aliphatic rings. The molecule has 26 heavy (non-hydrogen) atoms. The van der Waals surface area contributed by atoms with Crippen molar-refractivity contribution in [1.82, 2.24) is 20.4 Å². The molecule has 0 bridgehead atoms. The van der Waals surface area contributed by atoms with Gasteiger partial charge >= 0.3 is 6.61 Å². The number of amides is 1. The average molecular weight is 368 g/mol. The Hall–Kier alpha value is -2.55. The molecule has 1 heterocycles. The molecule has 2 aromatic rings. The number of nitrogens with zero attached hydrogens (tertiary/aromatic N) is 3. The summed E-state index contributed by atoms with van der Waals surface area (Å²) in [7, 11) is 1.74. The topological polar surface area (TPSA) is 80.5 Å². The van der Waals surface area contributed by atoms with E-state index < -0.39 is 6.61 Å². The van der Waals surface area contributed by atoms with Gasteiger partial charge in [0.2, 0.25) is 17.6 Å². The summed E-state index contributed by atoms with van der Waals surface area (Å²) in [6, 6.07) is 6.20. The summed E-state index contributed by atoms with van der Waals surface area (Å²) in [4.78, 5) is 17.8. The maximum Gasteiger partial charge on any atom is 0.387 e. The molecule has 9 heteroatoms. The monoisotopic (exact) mass is 368 g/mol. The number of halogens is 2. The van der Waals surface area contributed by atoms with E-state index in [2.05, 4.69) is 20.2 Å². The normalized spacial score (nSPS) is 11.8. The average Bonchev–Trinajstić information content (AvgIpc) is 2.93. The quantitative estimate of drug-likeness (QED) is 0.809. The Balaban J connectivity index is 2.03. The molecule has 1 amide bonds. The third-order valence-corrected chi connectivity index (χ3v) is 3.15. The molecule has 1 N–H and O–H groups in total. The van der Waals surface area contributed by atoms with Crippen molar-refractivity contribution in [2.45, 2.75) is 39.5 Å². The summed E-state index contributed by atoms with van der Waals surface area (Å²) >= 11 is 0. The summed E-state index contributed by atoms with van der Waals surface area (Å²) in [6.07, 6.45) is 0. The molecule has 0 radical (unpaired) electrons. The van der Waals surface area contributed by atoms with Crippen LogP contribution in [0.2, 0.25) is 0 Å². The highest BCUT2D eigenvalue weighted by atomic mass is 19.3. The van der Waals surface area contributed by atoms with Crippen molar-refractivity contribution in [3.63, 3.8) is 0 Å². The lowest BCUT2D eigenvalue weighted by Crippen LogP contribution is -2.45. The van der Waals surface area contributed by atoms with E-state index in [1.54, 1.807) is 30.1 Å². The van der Waals surface area contributed by atoms with Crippen molar-refractivity contribution in [2.24, 2.45) is 0 Å². The minimum Gasteiger partial charge on any atom is -0.434 e. The highest BCUT2D eigenvalue weighted by molar-refractivity contribution is 5.78. The fourth-order valence-electron chi connectivity index (χ4n) is 2.27. The first-order valence-electron chi connectivity index (χ1n) is 8.00. The Morgan fingerprint density at radius 1 is 1.35 bits per heavy atom. The van der Waals surface area contributed by atoms with Gasteiger partial charge in [0.25, 0.3) is 0 Å². The van der Waals surface area contributed by atoms with Gasteiger partial charge in [-0.2, -0.15) is 13.8 Å². The Labute approximate surface area is 150 Å². The summed E-state index contributed by atoms with van der Waals surface area (Å²) < 4.78 is 34.6. The van der Waals surface area contributed by atoms with Crippen LogP contribution in [0.1, 0.15) is 26.7 Å². The van der Waals surface area contributed by atoms with Crippen LogP contribution >= 0.6 is 0 Å². The fourth-order valence-corrected chi connectivity index (χ4v) is 2.27. The van der Waals surface area contributed by atoms with Crippen molar-refractivity contribution < 1.29 is 22.8 Å². The van der Waals surface area contributed by atoms with Crippen LogP contribution < -0.4 is 10.1 Å². The Morgan fingerprint density at radius 2 is 2.04 bits per heavy atom. The van der Waals surface area contributed by atoms with Crippen LogP contribution in [-0.2, 0) is 11.3 Å². The largest absolute Gasteiger partial charge is 0.434 e. The zero-order chi connectivity index (χ0) is 19.3. The molecular weight excluding hydrogens is 346 g/mol. The lowest BCUT2D eigenvalue weighted by molar-refractivity contribution is -0.123.